The van der Waals surface area contributed by atoms with Crippen LogP contribution in [0.1, 0.15) is 62.5 Å². The Kier molecular flexibility index (Phi) is 11.4. The number of hydrogen-bond donors (Lipinski definition) is 5. The van der Waals surface area contributed by atoms with Crippen molar-refractivity contribution in [3.8, 4) is 0 Å². The standard InChI is InChI=1S/C15H26N2O3.C9H11N3O/c18-14(19)11-16-13(10-12-6-2-1-3-7-12)15(20)17-8-4-5-9-17;10-9(11)8-3-1-7(2-4-8)5-12-6-13/h12-13,16H,1-11H2,(H,18,19);1-4,6H,5H2,(H3,10,11)(H,12,13). The second-order valence-electron chi connectivity index (χ2n) is 8.71. The van der Waals surface area contributed by atoms with Crippen LogP contribution in [0.15, 0.2) is 24.3 Å². The number of nitrogens with zero attached hydrogens (tertiary/aromatic N) is 1. The minimum Gasteiger partial charge on any atom is -0.480 e. The quantitative estimate of drug-likeness (QED) is 0.205. The summed E-state index contributed by atoms with van der Waals surface area (Å²) in [6.45, 7) is 2.03. The zero-order valence-electron chi connectivity index (χ0n) is 19.2. The van der Waals surface area contributed by atoms with Crippen molar-refractivity contribution in [2.75, 3.05) is 19.6 Å². The Hall–Kier alpha value is -2.94. The molecule has 9 nitrogen and oxygen atoms in total. The molecule has 182 valence electrons. The maximum absolute atomic E-state index is 12.5. The van der Waals surface area contributed by atoms with Gasteiger partial charge < -0.3 is 21.1 Å². The van der Waals surface area contributed by atoms with Crippen molar-refractivity contribution in [3.63, 3.8) is 0 Å². The lowest BCUT2D eigenvalue weighted by atomic mass is 9.84. The van der Waals surface area contributed by atoms with Crippen molar-refractivity contribution >= 4 is 24.1 Å². The average molecular weight is 460 g/mol. The summed E-state index contributed by atoms with van der Waals surface area (Å²) in [6.07, 6.45) is 9.73. The first-order valence-electron chi connectivity index (χ1n) is 11.7. The van der Waals surface area contributed by atoms with Gasteiger partial charge in [0.1, 0.15) is 5.84 Å². The molecule has 1 heterocycles. The van der Waals surface area contributed by atoms with Crippen molar-refractivity contribution in [2.24, 2.45) is 11.7 Å². The topological polar surface area (TPSA) is 149 Å². The molecule has 0 aromatic heterocycles. The number of carboxylic acid groups (broad SMARTS) is 1. The van der Waals surface area contributed by atoms with E-state index in [1.165, 1.54) is 32.1 Å². The SMILES string of the molecule is N=C(N)c1ccc(CNC=O)cc1.O=C(O)CNC(CC1CCCCC1)C(=O)N1CCCC1. The van der Waals surface area contributed by atoms with Gasteiger partial charge in [-0.1, -0.05) is 56.4 Å². The molecule has 1 atom stereocenters. The van der Waals surface area contributed by atoms with Gasteiger partial charge in [-0.3, -0.25) is 25.1 Å². The minimum atomic E-state index is -0.895. The van der Waals surface area contributed by atoms with Gasteiger partial charge in [0.15, 0.2) is 0 Å². The highest BCUT2D eigenvalue weighted by molar-refractivity contribution is 5.94. The fraction of sp³-hybridized carbons (Fsp3) is 0.583. The molecule has 2 fully saturated rings. The molecule has 1 aromatic carbocycles. The molecule has 0 bridgehead atoms. The van der Waals surface area contributed by atoms with Gasteiger partial charge in [-0.2, -0.15) is 0 Å². The smallest absolute Gasteiger partial charge is 0.317 e. The van der Waals surface area contributed by atoms with Crippen LogP contribution in [0.3, 0.4) is 0 Å². The van der Waals surface area contributed by atoms with E-state index in [1.54, 1.807) is 12.1 Å². The molecule has 1 aromatic rings. The molecule has 6 N–H and O–H groups in total. The molecule has 1 saturated heterocycles. The monoisotopic (exact) mass is 459 g/mol. The molecule has 1 aliphatic carbocycles. The molecule has 9 heteroatoms. The first-order chi connectivity index (χ1) is 15.9. The molecule has 33 heavy (non-hydrogen) atoms. The molecule has 2 amide bonds. The number of nitrogen functional groups attached to an aromatic ring is 1. The molecule has 2 aliphatic rings. The Morgan fingerprint density at radius 2 is 1.76 bits per heavy atom. The van der Waals surface area contributed by atoms with Crippen LogP contribution in [0.2, 0.25) is 0 Å². The Balaban J connectivity index is 0.000000257. The third-order valence-electron chi connectivity index (χ3n) is 6.16. The number of rotatable bonds is 10. The molecule has 0 spiro atoms. The number of hydrogen-bond acceptors (Lipinski definition) is 5. The highest BCUT2D eigenvalue weighted by Gasteiger charge is 2.29. The Morgan fingerprint density at radius 3 is 2.30 bits per heavy atom. The van der Waals surface area contributed by atoms with E-state index < -0.39 is 5.97 Å². The van der Waals surface area contributed by atoms with Gasteiger partial charge in [0.05, 0.1) is 12.6 Å². The van der Waals surface area contributed by atoms with Crippen molar-refractivity contribution in [2.45, 2.75) is 64.0 Å². The number of nitrogens with one attached hydrogen (secondary N) is 3. The third-order valence-corrected chi connectivity index (χ3v) is 6.16. The van der Waals surface area contributed by atoms with Gasteiger partial charge >= 0.3 is 5.97 Å². The van der Waals surface area contributed by atoms with Gasteiger partial charge in [0, 0.05) is 25.2 Å². The largest absolute Gasteiger partial charge is 0.480 e. The van der Waals surface area contributed by atoms with E-state index in [0.717, 1.165) is 37.9 Å². The zero-order chi connectivity index (χ0) is 24.1. The fourth-order valence-electron chi connectivity index (χ4n) is 4.36. The molecular formula is C24H37N5O4. The van der Waals surface area contributed by atoms with Gasteiger partial charge in [0.25, 0.3) is 0 Å². The van der Waals surface area contributed by atoms with Gasteiger partial charge in [-0.15, -0.1) is 0 Å². The summed E-state index contributed by atoms with van der Waals surface area (Å²) in [4.78, 5) is 35.1. The summed E-state index contributed by atoms with van der Waals surface area (Å²) in [7, 11) is 0. The van der Waals surface area contributed by atoms with Crippen LogP contribution in [0, 0.1) is 11.3 Å². The van der Waals surface area contributed by atoms with Crippen molar-refractivity contribution in [1.82, 2.24) is 15.5 Å². The van der Waals surface area contributed by atoms with E-state index in [0.29, 0.717) is 24.4 Å². The molecular weight excluding hydrogens is 422 g/mol. The number of carboxylic acids is 1. The van der Waals surface area contributed by atoms with Gasteiger partial charge in [-0.25, -0.2) is 0 Å². The van der Waals surface area contributed by atoms with E-state index in [1.807, 2.05) is 17.0 Å². The van der Waals surface area contributed by atoms with Crippen LogP contribution in [-0.2, 0) is 20.9 Å². The minimum absolute atomic E-state index is 0.0508. The Morgan fingerprint density at radius 1 is 1.12 bits per heavy atom. The number of amidine groups is 1. The number of benzene rings is 1. The van der Waals surface area contributed by atoms with E-state index >= 15 is 0 Å². The summed E-state index contributed by atoms with van der Waals surface area (Å²) in [5.41, 5.74) is 6.95. The molecule has 0 radical (unpaired) electrons. The summed E-state index contributed by atoms with van der Waals surface area (Å²) >= 11 is 0. The summed E-state index contributed by atoms with van der Waals surface area (Å²) in [5.74, 6) is -0.168. The maximum Gasteiger partial charge on any atom is 0.317 e. The summed E-state index contributed by atoms with van der Waals surface area (Å²) < 4.78 is 0. The number of likely N-dealkylation sites (tertiary alicyclic amines) is 1. The number of carbonyl (C=O) groups is 3. The highest BCUT2D eigenvalue weighted by Crippen LogP contribution is 2.28. The van der Waals surface area contributed by atoms with Gasteiger partial charge in [-0.05, 0) is 30.7 Å². The normalized spacial score (nSPS) is 16.9. The zero-order valence-corrected chi connectivity index (χ0v) is 19.2. The second-order valence-corrected chi connectivity index (χ2v) is 8.71. The number of carbonyl (C=O) groups excluding carboxylic acids is 2. The van der Waals surface area contributed by atoms with Crippen LogP contribution < -0.4 is 16.4 Å². The number of aliphatic carboxylic acids is 1. The molecule has 1 saturated carbocycles. The lowest BCUT2D eigenvalue weighted by molar-refractivity contribution is -0.137. The van der Waals surface area contributed by atoms with E-state index in [-0.39, 0.29) is 24.3 Å². The van der Waals surface area contributed by atoms with Gasteiger partial charge in [0.2, 0.25) is 12.3 Å². The summed E-state index contributed by atoms with van der Waals surface area (Å²) in [6, 6.07) is 6.85. The molecule has 1 aliphatic heterocycles. The van der Waals surface area contributed by atoms with Crippen LogP contribution in [0.5, 0.6) is 0 Å². The Bertz CT molecular complexity index is 772. The number of amides is 2. The first-order valence-corrected chi connectivity index (χ1v) is 11.7. The summed E-state index contributed by atoms with van der Waals surface area (Å²) in [5, 5.41) is 21.5. The lowest BCUT2D eigenvalue weighted by Crippen LogP contribution is -2.48. The lowest BCUT2D eigenvalue weighted by Gasteiger charge is -2.29. The predicted octanol–water partition coefficient (Wildman–Crippen LogP) is 1.84. The molecule has 3 rings (SSSR count). The molecule has 1 unspecified atom stereocenters. The van der Waals surface area contributed by atoms with Crippen molar-refractivity contribution in [1.29, 1.82) is 5.41 Å². The van der Waals surface area contributed by atoms with E-state index in [4.69, 9.17) is 16.2 Å². The van der Waals surface area contributed by atoms with Crippen LogP contribution in [-0.4, -0.2) is 59.8 Å². The average Bonchev–Trinajstić information content (AvgIpc) is 3.36. The van der Waals surface area contributed by atoms with Crippen LogP contribution >= 0.6 is 0 Å². The predicted molar refractivity (Wildman–Crippen MR) is 127 cm³/mol. The van der Waals surface area contributed by atoms with Crippen molar-refractivity contribution in [3.05, 3.63) is 35.4 Å². The Labute approximate surface area is 195 Å². The van der Waals surface area contributed by atoms with E-state index in [9.17, 15) is 14.4 Å². The third kappa shape index (κ3) is 9.61. The van der Waals surface area contributed by atoms with Crippen molar-refractivity contribution < 1.29 is 19.5 Å². The maximum atomic E-state index is 12.5. The second kappa shape index (κ2) is 14.3. The fourth-order valence-corrected chi connectivity index (χ4v) is 4.36. The number of nitrogens with two attached hydrogens (primary N) is 1. The van der Waals surface area contributed by atoms with Crippen LogP contribution in [0.4, 0.5) is 0 Å². The first kappa shape index (κ1) is 26.3. The van der Waals surface area contributed by atoms with E-state index in [2.05, 4.69) is 10.6 Å². The van der Waals surface area contributed by atoms with Crippen LogP contribution in [0.25, 0.3) is 0 Å². The highest BCUT2D eigenvalue weighted by atomic mass is 16.4.